The van der Waals surface area contributed by atoms with Gasteiger partial charge in [0.15, 0.2) is 0 Å². The summed E-state index contributed by atoms with van der Waals surface area (Å²) in [5, 5.41) is 10.6. The van der Waals surface area contributed by atoms with Gasteiger partial charge >= 0.3 is 6.18 Å². The first-order valence-electron chi connectivity index (χ1n) is 10.7. The molecule has 2 unspecified atom stereocenters. The van der Waals surface area contributed by atoms with Gasteiger partial charge in [-0.25, -0.2) is 0 Å². The summed E-state index contributed by atoms with van der Waals surface area (Å²) in [6.45, 7) is 1.35. The Hall–Kier alpha value is -2.05. The van der Waals surface area contributed by atoms with Crippen LogP contribution in [0.4, 0.5) is 13.2 Å². The Balaban J connectivity index is 1.37. The highest BCUT2D eigenvalue weighted by Crippen LogP contribution is 2.44. The van der Waals surface area contributed by atoms with Crippen LogP contribution >= 0.6 is 0 Å². The van der Waals surface area contributed by atoms with E-state index >= 15 is 0 Å². The number of fused-ring (bicyclic) bond motifs is 1. The molecule has 6 heteroatoms. The number of halogens is 3. The summed E-state index contributed by atoms with van der Waals surface area (Å²) < 4.78 is 43.6. The van der Waals surface area contributed by atoms with Gasteiger partial charge in [0.25, 0.3) is 0 Å². The minimum absolute atomic E-state index is 0.0512. The lowest BCUT2D eigenvalue weighted by Crippen LogP contribution is -2.37. The van der Waals surface area contributed by atoms with Gasteiger partial charge in [0, 0.05) is 19.1 Å². The molecule has 2 aliphatic rings. The predicted octanol–water partition coefficient (Wildman–Crippen LogP) is 5.58. The standard InChI is InChI=1S/C24H28F3NO2/c25-24(26,27)19-10-12-21(13-11-19)30-16-20(29)15-28-14-18-8-4-5-9-22(18)23(28)17-6-2-1-3-7-17/h4-5,8-13,17,20,23,29H,1-3,6-7,14-16H2. The summed E-state index contributed by atoms with van der Waals surface area (Å²) >= 11 is 0. The van der Waals surface area contributed by atoms with Crippen molar-refractivity contribution in [2.24, 2.45) is 5.92 Å². The number of hydrogen-bond acceptors (Lipinski definition) is 3. The van der Waals surface area contributed by atoms with E-state index in [2.05, 4.69) is 29.2 Å². The van der Waals surface area contributed by atoms with Crippen molar-refractivity contribution >= 4 is 0 Å². The van der Waals surface area contributed by atoms with E-state index in [-0.39, 0.29) is 6.61 Å². The molecule has 0 radical (unpaired) electrons. The van der Waals surface area contributed by atoms with Gasteiger partial charge < -0.3 is 9.84 Å². The van der Waals surface area contributed by atoms with Crippen LogP contribution in [0.25, 0.3) is 0 Å². The first-order chi connectivity index (χ1) is 14.4. The average Bonchev–Trinajstić information content (AvgIpc) is 3.10. The van der Waals surface area contributed by atoms with Crippen LogP contribution < -0.4 is 4.74 Å². The molecular formula is C24H28F3NO2. The van der Waals surface area contributed by atoms with Crippen LogP contribution in [0.2, 0.25) is 0 Å². The Morgan fingerprint density at radius 1 is 1.00 bits per heavy atom. The van der Waals surface area contributed by atoms with Crippen molar-refractivity contribution in [3.05, 3.63) is 65.2 Å². The van der Waals surface area contributed by atoms with Crippen molar-refractivity contribution in [2.45, 2.75) is 57.0 Å². The molecule has 2 atom stereocenters. The number of ether oxygens (including phenoxy) is 1. The lowest BCUT2D eigenvalue weighted by molar-refractivity contribution is -0.137. The molecule has 1 aliphatic carbocycles. The minimum Gasteiger partial charge on any atom is -0.491 e. The van der Waals surface area contributed by atoms with E-state index in [1.807, 2.05) is 0 Å². The van der Waals surface area contributed by atoms with E-state index in [9.17, 15) is 18.3 Å². The zero-order valence-electron chi connectivity index (χ0n) is 16.9. The topological polar surface area (TPSA) is 32.7 Å². The minimum atomic E-state index is -4.36. The fourth-order valence-electron chi connectivity index (χ4n) is 4.92. The van der Waals surface area contributed by atoms with Gasteiger partial charge in [-0.15, -0.1) is 0 Å². The fraction of sp³-hybridized carbons (Fsp3) is 0.500. The molecular weight excluding hydrogens is 391 g/mol. The summed E-state index contributed by atoms with van der Waals surface area (Å²) in [6, 6.07) is 13.4. The molecule has 3 nitrogen and oxygen atoms in total. The zero-order valence-corrected chi connectivity index (χ0v) is 16.9. The molecule has 0 bridgehead atoms. The van der Waals surface area contributed by atoms with Gasteiger partial charge in [0.05, 0.1) is 5.56 Å². The molecule has 162 valence electrons. The van der Waals surface area contributed by atoms with E-state index < -0.39 is 17.8 Å². The number of nitrogens with zero attached hydrogens (tertiary/aromatic N) is 1. The molecule has 1 fully saturated rings. The maximum atomic E-state index is 12.7. The second kappa shape index (κ2) is 8.98. The maximum Gasteiger partial charge on any atom is 0.416 e. The molecule has 30 heavy (non-hydrogen) atoms. The van der Waals surface area contributed by atoms with Gasteiger partial charge in [-0.05, 0) is 54.2 Å². The second-order valence-electron chi connectivity index (χ2n) is 8.46. The number of rotatable bonds is 6. The molecule has 2 aromatic carbocycles. The molecule has 0 spiro atoms. The highest BCUT2D eigenvalue weighted by molar-refractivity contribution is 5.35. The first kappa shape index (κ1) is 21.2. The Bertz CT molecular complexity index is 831. The zero-order chi connectivity index (χ0) is 21.1. The SMILES string of the molecule is OC(COc1ccc(C(F)(F)F)cc1)CN1Cc2ccccc2C1C1CCCCC1. The van der Waals surface area contributed by atoms with Gasteiger partial charge in [0.1, 0.15) is 18.5 Å². The third-order valence-corrected chi connectivity index (χ3v) is 6.31. The molecule has 1 N–H and O–H groups in total. The van der Waals surface area contributed by atoms with Crippen LogP contribution in [-0.4, -0.2) is 29.3 Å². The van der Waals surface area contributed by atoms with Crippen molar-refractivity contribution in [1.29, 1.82) is 0 Å². The number of benzene rings is 2. The van der Waals surface area contributed by atoms with E-state index in [0.29, 0.717) is 24.3 Å². The molecule has 2 aromatic rings. The molecule has 4 rings (SSSR count). The van der Waals surface area contributed by atoms with E-state index in [1.165, 1.54) is 55.4 Å². The molecule has 1 saturated carbocycles. The second-order valence-corrected chi connectivity index (χ2v) is 8.46. The van der Waals surface area contributed by atoms with Gasteiger partial charge in [0.2, 0.25) is 0 Å². The highest BCUT2D eigenvalue weighted by Gasteiger charge is 2.37. The van der Waals surface area contributed by atoms with Crippen LogP contribution in [0.3, 0.4) is 0 Å². The van der Waals surface area contributed by atoms with E-state index in [0.717, 1.165) is 18.7 Å². The molecule has 0 saturated heterocycles. The Kier molecular flexibility index (Phi) is 6.34. The van der Waals surface area contributed by atoms with Crippen molar-refractivity contribution in [2.75, 3.05) is 13.2 Å². The Morgan fingerprint density at radius 3 is 2.40 bits per heavy atom. The molecule has 1 heterocycles. The van der Waals surface area contributed by atoms with Crippen LogP contribution in [0.15, 0.2) is 48.5 Å². The Morgan fingerprint density at radius 2 is 1.70 bits per heavy atom. The van der Waals surface area contributed by atoms with Crippen molar-refractivity contribution in [1.82, 2.24) is 4.90 Å². The number of aliphatic hydroxyl groups excluding tert-OH is 1. The highest BCUT2D eigenvalue weighted by atomic mass is 19.4. The van der Waals surface area contributed by atoms with Crippen LogP contribution in [0, 0.1) is 5.92 Å². The van der Waals surface area contributed by atoms with Crippen molar-refractivity contribution < 1.29 is 23.0 Å². The summed E-state index contributed by atoms with van der Waals surface area (Å²) in [4.78, 5) is 2.35. The average molecular weight is 419 g/mol. The maximum absolute atomic E-state index is 12.7. The largest absolute Gasteiger partial charge is 0.491 e. The fourth-order valence-corrected chi connectivity index (χ4v) is 4.92. The monoisotopic (exact) mass is 419 g/mol. The molecule has 0 aromatic heterocycles. The predicted molar refractivity (Wildman–Crippen MR) is 109 cm³/mol. The lowest BCUT2D eigenvalue weighted by atomic mass is 9.81. The summed E-state index contributed by atoms with van der Waals surface area (Å²) in [7, 11) is 0. The van der Waals surface area contributed by atoms with Gasteiger partial charge in [-0.1, -0.05) is 43.5 Å². The van der Waals surface area contributed by atoms with Gasteiger partial charge in [-0.3, -0.25) is 4.90 Å². The number of β-amino-alcohol motifs (C(OH)–C–C–N with tert-alkyl or cyclic N) is 1. The van der Waals surface area contributed by atoms with Crippen LogP contribution in [0.5, 0.6) is 5.75 Å². The third-order valence-electron chi connectivity index (χ3n) is 6.31. The van der Waals surface area contributed by atoms with E-state index in [4.69, 9.17) is 4.74 Å². The molecule has 1 aliphatic heterocycles. The summed E-state index contributed by atoms with van der Waals surface area (Å²) in [6.07, 6.45) is 1.17. The van der Waals surface area contributed by atoms with Crippen molar-refractivity contribution in [3.8, 4) is 5.75 Å². The third kappa shape index (κ3) is 4.81. The van der Waals surface area contributed by atoms with Crippen molar-refractivity contribution in [3.63, 3.8) is 0 Å². The number of alkyl halides is 3. The smallest absolute Gasteiger partial charge is 0.416 e. The van der Waals surface area contributed by atoms with E-state index in [1.54, 1.807) is 0 Å². The number of aliphatic hydroxyl groups is 1. The summed E-state index contributed by atoms with van der Waals surface area (Å²) in [5.74, 6) is 0.931. The van der Waals surface area contributed by atoms with Crippen LogP contribution in [0.1, 0.15) is 54.8 Å². The Labute approximate surface area is 175 Å². The molecule has 0 amide bonds. The quantitative estimate of drug-likeness (QED) is 0.663. The first-order valence-corrected chi connectivity index (χ1v) is 10.7. The lowest BCUT2D eigenvalue weighted by Gasteiger charge is -2.35. The number of hydrogen-bond donors (Lipinski definition) is 1. The van der Waals surface area contributed by atoms with Crippen LogP contribution in [-0.2, 0) is 12.7 Å². The summed E-state index contributed by atoms with van der Waals surface area (Å²) in [5.41, 5.74) is 1.99. The normalized spacial score (nSPS) is 21.4. The van der Waals surface area contributed by atoms with Gasteiger partial charge in [-0.2, -0.15) is 13.2 Å².